The average Bonchev–Trinajstić information content (AvgIpc) is 3.21. The van der Waals surface area contributed by atoms with E-state index < -0.39 is 10.0 Å². The van der Waals surface area contributed by atoms with Crippen molar-refractivity contribution in [2.45, 2.75) is 17.9 Å². The van der Waals surface area contributed by atoms with Gasteiger partial charge in [-0.25, -0.2) is 13.4 Å². The van der Waals surface area contributed by atoms with Crippen molar-refractivity contribution in [2.75, 3.05) is 39.8 Å². The molecule has 1 saturated heterocycles. The second-order valence-electron chi connectivity index (χ2n) is 8.23. The van der Waals surface area contributed by atoms with Gasteiger partial charge < -0.3 is 9.80 Å². The predicted molar refractivity (Wildman–Crippen MR) is 133 cm³/mol. The minimum atomic E-state index is -3.64. The maximum atomic E-state index is 13.2. The van der Waals surface area contributed by atoms with Crippen LogP contribution in [-0.4, -0.2) is 73.2 Å². The van der Waals surface area contributed by atoms with Crippen molar-refractivity contribution >= 4 is 62.0 Å². The van der Waals surface area contributed by atoms with E-state index in [-0.39, 0.29) is 36.3 Å². The molecule has 5 rings (SSSR count). The molecule has 0 atom stereocenters. The van der Waals surface area contributed by atoms with Crippen molar-refractivity contribution in [1.82, 2.24) is 19.1 Å². The molecule has 2 aromatic carbocycles. The molecule has 3 aromatic rings. The lowest BCUT2D eigenvalue weighted by Gasteiger charge is -2.33. The number of hydrogen-bond donors (Lipinski definition) is 0. The van der Waals surface area contributed by atoms with E-state index in [2.05, 4.69) is 16.9 Å². The number of likely N-dealkylation sites (N-methyl/N-ethyl adjacent to an activating group) is 1. The summed E-state index contributed by atoms with van der Waals surface area (Å²) in [6.45, 7) is 3.00. The Morgan fingerprint density at radius 3 is 2.48 bits per heavy atom. The Morgan fingerprint density at radius 2 is 1.73 bits per heavy atom. The Labute approximate surface area is 208 Å². The number of piperazine rings is 1. The number of halogens is 2. The van der Waals surface area contributed by atoms with Gasteiger partial charge in [0.1, 0.15) is 0 Å². The van der Waals surface area contributed by atoms with Gasteiger partial charge >= 0.3 is 0 Å². The van der Waals surface area contributed by atoms with Crippen molar-refractivity contribution in [1.29, 1.82) is 0 Å². The summed E-state index contributed by atoms with van der Waals surface area (Å²) in [6.07, 6.45) is 0.861. The SMILES string of the molecule is CN1CCc2nc(C(=O)N3CCN(S(=O)(=O)c4ccc5cc(Cl)ccc5c4)CC3)sc2C1.Cl. The standard InChI is InChI=1S/C22H23ClN4O3S2.ClH/c1-25-7-6-19-20(14-25)31-21(24-19)22(28)26-8-10-27(11-9-26)32(29,30)18-5-3-15-12-17(23)4-2-16(15)13-18;/h2-5,12-13H,6-11,14H2,1H3;1H. The van der Waals surface area contributed by atoms with E-state index in [9.17, 15) is 13.2 Å². The molecule has 33 heavy (non-hydrogen) atoms. The largest absolute Gasteiger partial charge is 0.334 e. The summed E-state index contributed by atoms with van der Waals surface area (Å²) >= 11 is 7.49. The van der Waals surface area contributed by atoms with Gasteiger partial charge in [0.05, 0.1) is 10.6 Å². The van der Waals surface area contributed by atoms with E-state index in [0.717, 1.165) is 40.9 Å². The molecule has 7 nitrogen and oxygen atoms in total. The molecule has 0 saturated carbocycles. The summed E-state index contributed by atoms with van der Waals surface area (Å²) in [6, 6.07) is 10.4. The van der Waals surface area contributed by atoms with E-state index >= 15 is 0 Å². The molecule has 11 heteroatoms. The van der Waals surface area contributed by atoms with Crippen LogP contribution in [0.15, 0.2) is 41.3 Å². The highest BCUT2D eigenvalue weighted by Gasteiger charge is 2.32. The quantitative estimate of drug-likeness (QED) is 0.522. The number of thiazole rings is 1. The number of fused-ring (bicyclic) bond motifs is 2. The number of carbonyl (C=O) groups is 1. The van der Waals surface area contributed by atoms with Gasteiger partial charge in [0.25, 0.3) is 5.91 Å². The Balaban J connectivity index is 0.00000259. The molecule has 2 aliphatic heterocycles. The molecule has 0 radical (unpaired) electrons. The van der Waals surface area contributed by atoms with Crippen molar-refractivity contribution < 1.29 is 13.2 Å². The van der Waals surface area contributed by atoms with Crippen LogP contribution in [0.3, 0.4) is 0 Å². The van der Waals surface area contributed by atoms with Gasteiger partial charge in [0, 0.05) is 55.6 Å². The number of nitrogens with zero attached hydrogens (tertiary/aromatic N) is 4. The molecule has 176 valence electrons. The molecule has 3 heterocycles. The molecule has 0 spiro atoms. The smallest absolute Gasteiger partial charge is 0.282 e. The van der Waals surface area contributed by atoms with Crippen LogP contribution in [-0.2, 0) is 23.0 Å². The molecule has 0 bridgehead atoms. The van der Waals surface area contributed by atoms with Gasteiger partial charge in [-0.3, -0.25) is 4.79 Å². The lowest BCUT2D eigenvalue weighted by atomic mass is 10.1. The molecule has 1 amide bonds. The van der Waals surface area contributed by atoms with Crippen LogP contribution in [0.5, 0.6) is 0 Å². The average molecular weight is 527 g/mol. The number of benzene rings is 2. The second-order valence-corrected chi connectivity index (χ2v) is 11.7. The fourth-order valence-electron chi connectivity index (χ4n) is 4.19. The van der Waals surface area contributed by atoms with Crippen LogP contribution in [0, 0.1) is 0 Å². The van der Waals surface area contributed by atoms with Crippen molar-refractivity contribution in [3.63, 3.8) is 0 Å². The van der Waals surface area contributed by atoms with Gasteiger partial charge in [-0.1, -0.05) is 23.7 Å². The molecular formula is C22H24Cl2N4O3S2. The first-order valence-electron chi connectivity index (χ1n) is 10.5. The first-order chi connectivity index (χ1) is 15.3. The molecule has 0 N–H and O–H groups in total. The van der Waals surface area contributed by atoms with Gasteiger partial charge in [-0.05, 0) is 42.1 Å². The number of carbonyl (C=O) groups excluding carboxylic acids is 1. The van der Waals surface area contributed by atoms with E-state index in [1.54, 1.807) is 29.2 Å². The van der Waals surface area contributed by atoms with Crippen LogP contribution in [0.1, 0.15) is 20.4 Å². The molecule has 1 aromatic heterocycles. The molecular weight excluding hydrogens is 503 g/mol. The first-order valence-corrected chi connectivity index (χ1v) is 13.1. The number of rotatable bonds is 3. The number of aromatic nitrogens is 1. The summed E-state index contributed by atoms with van der Waals surface area (Å²) in [5.74, 6) is -0.105. The fourth-order valence-corrected chi connectivity index (χ4v) is 6.98. The summed E-state index contributed by atoms with van der Waals surface area (Å²) in [5, 5.41) is 2.84. The van der Waals surface area contributed by atoms with Crippen molar-refractivity contribution in [3.05, 3.63) is 57.0 Å². The highest BCUT2D eigenvalue weighted by Crippen LogP contribution is 2.27. The zero-order valence-corrected chi connectivity index (χ0v) is 21.2. The van der Waals surface area contributed by atoms with Crippen LogP contribution in [0.4, 0.5) is 0 Å². The van der Waals surface area contributed by atoms with E-state index in [4.69, 9.17) is 11.6 Å². The third-order valence-corrected chi connectivity index (χ3v) is 9.24. The first kappa shape index (κ1) is 24.4. The summed E-state index contributed by atoms with van der Waals surface area (Å²) in [7, 11) is -1.58. The Kier molecular flexibility index (Phi) is 7.00. The highest BCUT2D eigenvalue weighted by atomic mass is 35.5. The topological polar surface area (TPSA) is 73.8 Å². The van der Waals surface area contributed by atoms with Crippen LogP contribution in [0.2, 0.25) is 5.02 Å². The number of hydrogen-bond acceptors (Lipinski definition) is 6. The predicted octanol–water partition coefficient (Wildman–Crippen LogP) is 3.51. The molecule has 0 unspecified atom stereocenters. The minimum Gasteiger partial charge on any atom is -0.334 e. The van der Waals surface area contributed by atoms with Gasteiger partial charge in [0.15, 0.2) is 5.01 Å². The molecule has 0 aliphatic carbocycles. The van der Waals surface area contributed by atoms with E-state index in [0.29, 0.717) is 23.1 Å². The third-order valence-electron chi connectivity index (χ3n) is 6.04. The lowest BCUT2D eigenvalue weighted by molar-refractivity contribution is 0.0697. The number of sulfonamides is 1. The van der Waals surface area contributed by atoms with Crippen LogP contribution < -0.4 is 0 Å². The van der Waals surface area contributed by atoms with Gasteiger partial charge in [0.2, 0.25) is 10.0 Å². The molecule has 1 fully saturated rings. The van der Waals surface area contributed by atoms with Gasteiger partial charge in [-0.2, -0.15) is 4.31 Å². The summed E-state index contributed by atoms with van der Waals surface area (Å²) in [5.41, 5.74) is 1.02. The zero-order valence-electron chi connectivity index (χ0n) is 18.0. The summed E-state index contributed by atoms with van der Waals surface area (Å²) < 4.78 is 27.8. The van der Waals surface area contributed by atoms with Crippen LogP contribution >= 0.6 is 35.3 Å². The fraction of sp³-hybridized carbons (Fsp3) is 0.364. The maximum absolute atomic E-state index is 13.2. The van der Waals surface area contributed by atoms with Crippen LogP contribution in [0.25, 0.3) is 10.8 Å². The Hall–Kier alpha value is -1.75. The molecule has 2 aliphatic rings. The lowest BCUT2D eigenvalue weighted by Crippen LogP contribution is -2.50. The number of amides is 1. The van der Waals surface area contributed by atoms with E-state index in [1.807, 2.05) is 12.1 Å². The second kappa shape index (κ2) is 9.48. The third kappa shape index (κ3) is 4.76. The van der Waals surface area contributed by atoms with Crippen molar-refractivity contribution in [3.8, 4) is 0 Å². The normalized spacial score (nSPS) is 17.6. The Bertz CT molecular complexity index is 1300. The Morgan fingerprint density at radius 1 is 1.03 bits per heavy atom. The van der Waals surface area contributed by atoms with E-state index in [1.165, 1.54) is 15.6 Å². The monoisotopic (exact) mass is 526 g/mol. The van der Waals surface area contributed by atoms with Crippen molar-refractivity contribution in [2.24, 2.45) is 0 Å². The zero-order chi connectivity index (χ0) is 22.5. The minimum absolute atomic E-state index is 0. The van der Waals surface area contributed by atoms with Gasteiger partial charge in [-0.15, -0.1) is 23.7 Å². The summed E-state index contributed by atoms with van der Waals surface area (Å²) in [4.78, 5) is 22.9. The maximum Gasteiger partial charge on any atom is 0.282 e. The highest BCUT2D eigenvalue weighted by molar-refractivity contribution is 7.89.